The van der Waals surface area contributed by atoms with Gasteiger partial charge in [-0.1, -0.05) is 23.7 Å². The molecule has 37 heavy (non-hydrogen) atoms. The van der Waals surface area contributed by atoms with Crippen molar-refractivity contribution in [3.8, 4) is 6.07 Å². The Bertz CT molecular complexity index is 1500. The Kier molecular flexibility index (Phi) is 6.67. The molecule has 5 rings (SSSR count). The quantitative estimate of drug-likeness (QED) is 0.392. The highest BCUT2D eigenvalue weighted by atomic mass is 35.5. The number of nitrogens with zero attached hydrogens (tertiary/aromatic N) is 6. The first kappa shape index (κ1) is 24.9. The molecule has 1 aromatic carbocycles. The maximum absolute atomic E-state index is 13.7. The van der Waals surface area contributed by atoms with Crippen LogP contribution in [0.15, 0.2) is 65.6 Å². The fraction of sp³-hybridized carbons (Fsp3) is 0.286. The lowest BCUT2D eigenvalue weighted by Gasteiger charge is -2.48. The van der Waals surface area contributed by atoms with Crippen molar-refractivity contribution in [3.63, 3.8) is 0 Å². The van der Waals surface area contributed by atoms with Gasteiger partial charge in [-0.25, -0.2) is 9.37 Å². The number of aryl methyl sites for hydroxylation is 1. The summed E-state index contributed by atoms with van der Waals surface area (Å²) in [7, 11) is 1.71. The summed E-state index contributed by atoms with van der Waals surface area (Å²) in [6, 6.07) is 17.8. The maximum Gasteiger partial charge on any atom is 0.252 e. The zero-order chi connectivity index (χ0) is 26.3. The Balaban J connectivity index is 1.55. The summed E-state index contributed by atoms with van der Waals surface area (Å²) in [5.74, 6) is -0.383. The largest absolute Gasteiger partial charge is 0.364 e. The lowest BCUT2D eigenvalue weighted by atomic mass is 9.96. The predicted octanol–water partition coefficient (Wildman–Crippen LogP) is 4.68. The molecule has 1 saturated heterocycles. The van der Waals surface area contributed by atoms with Gasteiger partial charge in [-0.05, 0) is 55.8 Å². The van der Waals surface area contributed by atoms with E-state index in [0.29, 0.717) is 34.8 Å². The highest BCUT2D eigenvalue weighted by molar-refractivity contribution is 6.30. The van der Waals surface area contributed by atoms with Crippen LogP contribution in [0.1, 0.15) is 36.8 Å². The average molecular weight is 517 g/mol. The van der Waals surface area contributed by atoms with Gasteiger partial charge in [-0.3, -0.25) is 14.7 Å². The van der Waals surface area contributed by atoms with Crippen molar-refractivity contribution in [3.05, 3.63) is 98.9 Å². The van der Waals surface area contributed by atoms with Crippen molar-refractivity contribution in [2.75, 3.05) is 18.0 Å². The average Bonchev–Trinajstić information content (AvgIpc) is 2.90. The smallest absolute Gasteiger partial charge is 0.252 e. The minimum absolute atomic E-state index is 0.00861. The monoisotopic (exact) mass is 516 g/mol. The summed E-state index contributed by atoms with van der Waals surface area (Å²) in [6.07, 6.45) is 1.24. The van der Waals surface area contributed by atoms with Crippen LogP contribution in [0.4, 0.5) is 10.1 Å². The second kappa shape index (κ2) is 9.92. The van der Waals surface area contributed by atoms with Crippen LogP contribution in [0.3, 0.4) is 0 Å². The molecule has 1 fully saturated rings. The Morgan fingerprint density at radius 2 is 1.84 bits per heavy atom. The van der Waals surface area contributed by atoms with E-state index < -0.39 is 0 Å². The number of pyridine rings is 3. The number of piperazine rings is 1. The van der Waals surface area contributed by atoms with E-state index in [4.69, 9.17) is 11.6 Å². The van der Waals surface area contributed by atoms with Crippen LogP contribution in [0.25, 0.3) is 11.0 Å². The van der Waals surface area contributed by atoms with Crippen LogP contribution in [-0.2, 0) is 7.05 Å². The molecule has 0 saturated carbocycles. The van der Waals surface area contributed by atoms with E-state index >= 15 is 0 Å². The Hall–Kier alpha value is -3.80. The third kappa shape index (κ3) is 4.68. The standard InChI is InChI=1S/C28H26ClFN6O/c1-17-16-36(28(19-4-6-20(29)7-5-19)23-10-8-21(30)14-32-23)18(2)15-35(17)25-12-26(37)34(3)24-11-9-22(13-31)33-27(24)25/h4-12,14,17-18,28H,15-16H2,1-3H3/t17-,18?,28?/m0/s1. The van der Waals surface area contributed by atoms with E-state index in [1.165, 1.54) is 12.3 Å². The first-order valence-electron chi connectivity index (χ1n) is 12.1. The molecular formula is C28H26ClFN6O. The van der Waals surface area contributed by atoms with E-state index in [1.807, 2.05) is 24.3 Å². The molecule has 0 amide bonds. The van der Waals surface area contributed by atoms with E-state index in [1.54, 1.807) is 35.9 Å². The number of aromatic nitrogens is 3. The highest BCUT2D eigenvalue weighted by Crippen LogP contribution is 2.35. The number of halogens is 2. The highest BCUT2D eigenvalue weighted by Gasteiger charge is 2.36. The molecule has 9 heteroatoms. The van der Waals surface area contributed by atoms with Crippen LogP contribution in [-0.4, -0.2) is 44.6 Å². The number of fused-ring (bicyclic) bond motifs is 1. The molecule has 4 heterocycles. The third-order valence-corrected chi connectivity index (χ3v) is 7.33. The number of nitriles is 1. The molecule has 7 nitrogen and oxygen atoms in total. The third-order valence-electron chi connectivity index (χ3n) is 7.07. The molecule has 4 aromatic rings. The minimum Gasteiger partial charge on any atom is -0.364 e. The van der Waals surface area contributed by atoms with Crippen molar-refractivity contribution >= 4 is 28.3 Å². The molecule has 1 aliphatic heterocycles. The van der Waals surface area contributed by atoms with Crippen LogP contribution in [0.2, 0.25) is 5.02 Å². The van der Waals surface area contributed by atoms with Gasteiger partial charge in [-0.15, -0.1) is 0 Å². The van der Waals surface area contributed by atoms with Crippen molar-refractivity contribution in [1.29, 1.82) is 5.26 Å². The van der Waals surface area contributed by atoms with Crippen LogP contribution in [0.5, 0.6) is 0 Å². The van der Waals surface area contributed by atoms with Gasteiger partial charge in [0.15, 0.2) is 0 Å². The van der Waals surface area contributed by atoms with Gasteiger partial charge < -0.3 is 9.47 Å². The number of rotatable bonds is 4. The number of hydrogen-bond acceptors (Lipinski definition) is 6. The molecule has 188 valence electrons. The van der Waals surface area contributed by atoms with E-state index in [2.05, 4.69) is 39.7 Å². The first-order chi connectivity index (χ1) is 17.8. The molecule has 3 aromatic heterocycles. The lowest BCUT2D eigenvalue weighted by Crippen LogP contribution is -2.57. The van der Waals surface area contributed by atoms with Gasteiger partial charge in [0.05, 0.1) is 29.1 Å². The first-order valence-corrected chi connectivity index (χ1v) is 12.4. The normalized spacial score (nSPS) is 19.1. The Morgan fingerprint density at radius 1 is 1.08 bits per heavy atom. The van der Waals surface area contributed by atoms with Crippen molar-refractivity contribution in [2.45, 2.75) is 32.0 Å². The molecular weight excluding hydrogens is 491 g/mol. The van der Waals surface area contributed by atoms with Crippen molar-refractivity contribution < 1.29 is 4.39 Å². The van der Waals surface area contributed by atoms with Crippen molar-refractivity contribution in [2.24, 2.45) is 7.05 Å². The van der Waals surface area contributed by atoms with Crippen LogP contribution in [0, 0.1) is 17.1 Å². The number of anilines is 1. The Labute approximate surface area is 219 Å². The molecule has 1 aliphatic rings. The number of hydrogen-bond donors (Lipinski definition) is 0. The zero-order valence-corrected chi connectivity index (χ0v) is 21.5. The van der Waals surface area contributed by atoms with Crippen LogP contribution < -0.4 is 10.5 Å². The summed E-state index contributed by atoms with van der Waals surface area (Å²) >= 11 is 6.16. The minimum atomic E-state index is -0.383. The van der Waals surface area contributed by atoms with E-state index in [0.717, 1.165) is 16.9 Å². The fourth-order valence-corrected chi connectivity index (χ4v) is 5.29. The van der Waals surface area contributed by atoms with Crippen molar-refractivity contribution in [1.82, 2.24) is 19.4 Å². The van der Waals surface area contributed by atoms with Gasteiger partial charge in [0.2, 0.25) is 0 Å². The van der Waals surface area contributed by atoms with Gasteiger partial charge in [0.25, 0.3) is 5.56 Å². The molecule has 0 radical (unpaired) electrons. The molecule has 3 atom stereocenters. The van der Waals surface area contributed by atoms with Gasteiger partial charge in [-0.2, -0.15) is 5.26 Å². The molecule has 0 spiro atoms. The predicted molar refractivity (Wildman–Crippen MR) is 142 cm³/mol. The van der Waals surface area contributed by atoms with Gasteiger partial charge in [0.1, 0.15) is 23.1 Å². The fourth-order valence-electron chi connectivity index (χ4n) is 5.17. The topological polar surface area (TPSA) is 78.0 Å². The van der Waals surface area contributed by atoms with E-state index in [-0.39, 0.29) is 29.5 Å². The summed E-state index contributed by atoms with van der Waals surface area (Å²) in [6.45, 7) is 5.51. The van der Waals surface area contributed by atoms with Gasteiger partial charge >= 0.3 is 0 Å². The molecule has 0 N–H and O–H groups in total. The lowest BCUT2D eigenvalue weighted by molar-refractivity contribution is 0.128. The second-order valence-corrected chi connectivity index (χ2v) is 9.94. The summed E-state index contributed by atoms with van der Waals surface area (Å²) in [5, 5.41) is 10.1. The summed E-state index contributed by atoms with van der Waals surface area (Å²) < 4.78 is 15.3. The molecule has 0 aliphatic carbocycles. The molecule has 0 bridgehead atoms. The SMILES string of the molecule is CC1CN(c2cc(=O)n(C)c3ccc(C#N)nc23)[C@@H](C)CN1C(c1ccc(Cl)cc1)c1ccc(F)cn1. The molecule has 2 unspecified atom stereocenters. The van der Waals surface area contributed by atoms with Crippen LogP contribution >= 0.6 is 11.6 Å². The maximum atomic E-state index is 13.7. The number of benzene rings is 1. The Morgan fingerprint density at radius 3 is 2.51 bits per heavy atom. The van der Waals surface area contributed by atoms with Gasteiger partial charge in [0, 0.05) is 43.3 Å². The summed E-state index contributed by atoms with van der Waals surface area (Å²) in [4.78, 5) is 26.3. The zero-order valence-electron chi connectivity index (χ0n) is 20.8. The second-order valence-electron chi connectivity index (χ2n) is 9.51. The van der Waals surface area contributed by atoms with E-state index in [9.17, 15) is 14.4 Å². The summed E-state index contributed by atoms with van der Waals surface area (Å²) in [5.41, 5.74) is 3.95.